The third kappa shape index (κ3) is 5.48. The van der Waals surface area contributed by atoms with E-state index in [1.54, 1.807) is 36.4 Å². The summed E-state index contributed by atoms with van der Waals surface area (Å²) in [4.78, 5) is 43.0. The van der Waals surface area contributed by atoms with Crippen molar-refractivity contribution in [2.24, 2.45) is 0 Å². The number of amides is 1. The van der Waals surface area contributed by atoms with Gasteiger partial charge in [0, 0.05) is 24.0 Å². The average molecular weight is 422 g/mol. The molecule has 0 aliphatic heterocycles. The van der Waals surface area contributed by atoms with Gasteiger partial charge in [-0.05, 0) is 57.2 Å². The molecule has 0 saturated heterocycles. The highest BCUT2D eigenvalue weighted by molar-refractivity contribution is 5.93. The Labute approximate surface area is 180 Å². The molecule has 0 aliphatic carbocycles. The Kier molecular flexibility index (Phi) is 7.02. The fourth-order valence-corrected chi connectivity index (χ4v) is 3.33. The van der Waals surface area contributed by atoms with Gasteiger partial charge in [-0.25, -0.2) is 4.98 Å². The van der Waals surface area contributed by atoms with Crippen molar-refractivity contribution in [3.05, 3.63) is 65.2 Å². The van der Waals surface area contributed by atoms with Crippen molar-refractivity contribution in [1.29, 1.82) is 0 Å². The number of hydrogen-bond donors (Lipinski definition) is 1. The van der Waals surface area contributed by atoms with Gasteiger partial charge in [-0.2, -0.15) is 0 Å². The van der Waals surface area contributed by atoms with Crippen LogP contribution < -0.4 is 15.8 Å². The standard InChI is InChI=1S/C23H26N4O4/c1-4-27(16(2)3)18-11-9-17(10-12-18)25-21(28)14-31-22(29)13-26-15-24-20-8-6-5-7-19(20)23(26)30/h5-12,15-16H,4,13-14H2,1-3H3,(H,25,28). The van der Waals surface area contributed by atoms with Crippen LogP contribution in [-0.4, -0.2) is 40.6 Å². The first-order valence-electron chi connectivity index (χ1n) is 10.2. The lowest BCUT2D eigenvalue weighted by atomic mass is 10.2. The lowest BCUT2D eigenvalue weighted by molar-refractivity contribution is -0.147. The third-order valence-corrected chi connectivity index (χ3v) is 4.84. The molecule has 0 radical (unpaired) electrons. The molecule has 3 rings (SSSR count). The second kappa shape index (κ2) is 9.88. The first-order chi connectivity index (χ1) is 14.9. The summed E-state index contributed by atoms with van der Waals surface area (Å²) in [6.07, 6.45) is 1.30. The number of benzene rings is 2. The Balaban J connectivity index is 1.53. The molecule has 0 fully saturated rings. The van der Waals surface area contributed by atoms with Crippen LogP contribution >= 0.6 is 0 Å². The van der Waals surface area contributed by atoms with E-state index < -0.39 is 18.5 Å². The molecule has 1 amide bonds. The molecule has 0 unspecified atom stereocenters. The van der Waals surface area contributed by atoms with Crippen molar-refractivity contribution in [2.75, 3.05) is 23.4 Å². The zero-order valence-corrected chi connectivity index (χ0v) is 17.9. The predicted octanol–water partition coefficient (Wildman–Crippen LogP) is 2.81. The molecular formula is C23H26N4O4. The summed E-state index contributed by atoms with van der Waals surface area (Å²) < 4.78 is 6.17. The molecule has 8 heteroatoms. The maximum Gasteiger partial charge on any atom is 0.326 e. The Hall–Kier alpha value is -3.68. The molecule has 0 bridgehead atoms. The number of nitrogens with one attached hydrogen (secondary N) is 1. The maximum absolute atomic E-state index is 12.4. The van der Waals surface area contributed by atoms with E-state index in [0.29, 0.717) is 22.6 Å². The van der Waals surface area contributed by atoms with Crippen molar-refractivity contribution >= 4 is 34.2 Å². The van der Waals surface area contributed by atoms with Gasteiger partial charge in [0.15, 0.2) is 6.61 Å². The van der Waals surface area contributed by atoms with E-state index in [0.717, 1.165) is 16.8 Å². The highest BCUT2D eigenvalue weighted by Gasteiger charge is 2.12. The van der Waals surface area contributed by atoms with E-state index in [-0.39, 0.29) is 12.1 Å². The van der Waals surface area contributed by atoms with E-state index in [9.17, 15) is 14.4 Å². The van der Waals surface area contributed by atoms with E-state index in [1.165, 1.54) is 6.33 Å². The van der Waals surface area contributed by atoms with Crippen molar-refractivity contribution < 1.29 is 14.3 Å². The molecule has 1 N–H and O–H groups in total. The molecule has 31 heavy (non-hydrogen) atoms. The van der Waals surface area contributed by atoms with Gasteiger partial charge in [-0.1, -0.05) is 12.1 Å². The maximum atomic E-state index is 12.4. The summed E-state index contributed by atoms with van der Waals surface area (Å²) in [6.45, 7) is 6.45. The Bertz CT molecular complexity index is 1120. The van der Waals surface area contributed by atoms with Crippen LogP contribution in [0.1, 0.15) is 20.8 Å². The smallest absolute Gasteiger partial charge is 0.326 e. The summed E-state index contributed by atoms with van der Waals surface area (Å²) in [6, 6.07) is 14.7. The van der Waals surface area contributed by atoms with Crippen LogP contribution in [0.3, 0.4) is 0 Å². The monoisotopic (exact) mass is 422 g/mol. The molecule has 3 aromatic rings. The molecule has 0 spiro atoms. The van der Waals surface area contributed by atoms with Crippen LogP contribution in [0.15, 0.2) is 59.7 Å². The number of rotatable bonds is 8. The third-order valence-electron chi connectivity index (χ3n) is 4.84. The molecule has 8 nitrogen and oxygen atoms in total. The normalized spacial score (nSPS) is 10.8. The zero-order valence-electron chi connectivity index (χ0n) is 17.9. The van der Waals surface area contributed by atoms with E-state index >= 15 is 0 Å². The second-order valence-corrected chi connectivity index (χ2v) is 7.33. The van der Waals surface area contributed by atoms with E-state index in [4.69, 9.17) is 4.74 Å². The molecule has 0 atom stereocenters. The minimum absolute atomic E-state index is 0.319. The van der Waals surface area contributed by atoms with E-state index in [1.807, 2.05) is 12.1 Å². The second-order valence-electron chi connectivity index (χ2n) is 7.33. The van der Waals surface area contributed by atoms with Crippen molar-refractivity contribution in [1.82, 2.24) is 9.55 Å². The first-order valence-corrected chi connectivity index (χ1v) is 10.2. The van der Waals surface area contributed by atoms with Crippen LogP contribution in [0.4, 0.5) is 11.4 Å². The molecule has 162 valence electrons. The number of aromatic nitrogens is 2. The largest absolute Gasteiger partial charge is 0.454 e. The van der Waals surface area contributed by atoms with Gasteiger partial charge in [0.25, 0.3) is 11.5 Å². The summed E-state index contributed by atoms with van der Waals surface area (Å²) in [7, 11) is 0. The highest BCUT2D eigenvalue weighted by atomic mass is 16.5. The van der Waals surface area contributed by atoms with Gasteiger partial charge in [0.05, 0.1) is 17.2 Å². The number of para-hydroxylation sites is 1. The molecule has 1 heterocycles. The van der Waals surface area contributed by atoms with Crippen LogP contribution in [0.2, 0.25) is 0 Å². The highest BCUT2D eigenvalue weighted by Crippen LogP contribution is 2.19. The van der Waals surface area contributed by atoms with Gasteiger partial charge >= 0.3 is 5.97 Å². The summed E-state index contributed by atoms with van der Waals surface area (Å²) in [5, 5.41) is 3.11. The predicted molar refractivity (Wildman–Crippen MR) is 120 cm³/mol. The zero-order chi connectivity index (χ0) is 22.4. The minimum atomic E-state index is -0.694. The lowest BCUT2D eigenvalue weighted by Crippen LogP contribution is -2.30. The number of hydrogen-bond acceptors (Lipinski definition) is 6. The number of carbonyl (C=O) groups is 2. The Morgan fingerprint density at radius 2 is 1.84 bits per heavy atom. The molecule has 0 aliphatic rings. The first kappa shape index (κ1) is 22.0. The number of fused-ring (bicyclic) bond motifs is 1. The van der Waals surface area contributed by atoms with Gasteiger partial charge in [-0.3, -0.25) is 19.0 Å². The number of esters is 1. The number of carbonyl (C=O) groups excluding carboxylic acids is 2. The quantitative estimate of drug-likeness (QED) is 0.561. The topological polar surface area (TPSA) is 93.5 Å². The number of nitrogens with zero attached hydrogens (tertiary/aromatic N) is 3. The molecular weight excluding hydrogens is 396 g/mol. The summed E-state index contributed by atoms with van der Waals surface area (Å²) in [5.41, 5.74) is 1.89. The average Bonchev–Trinajstić information content (AvgIpc) is 2.76. The summed E-state index contributed by atoms with van der Waals surface area (Å²) in [5.74, 6) is -1.15. The lowest BCUT2D eigenvalue weighted by Gasteiger charge is -2.27. The van der Waals surface area contributed by atoms with Crippen molar-refractivity contribution in [2.45, 2.75) is 33.4 Å². The van der Waals surface area contributed by atoms with Gasteiger partial charge in [0.2, 0.25) is 0 Å². The molecule has 1 aromatic heterocycles. The number of anilines is 2. The van der Waals surface area contributed by atoms with E-state index in [2.05, 4.69) is 36.0 Å². The fraction of sp³-hybridized carbons (Fsp3) is 0.304. The fourth-order valence-electron chi connectivity index (χ4n) is 3.33. The van der Waals surface area contributed by atoms with Crippen LogP contribution in [-0.2, 0) is 20.9 Å². The van der Waals surface area contributed by atoms with Gasteiger partial charge in [0.1, 0.15) is 6.54 Å². The van der Waals surface area contributed by atoms with Crippen LogP contribution in [0.5, 0.6) is 0 Å². The number of ether oxygens (including phenoxy) is 1. The SMILES string of the molecule is CCN(c1ccc(NC(=O)COC(=O)Cn2cnc3ccccc3c2=O)cc1)C(C)C. The Morgan fingerprint density at radius 3 is 2.52 bits per heavy atom. The Morgan fingerprint density at radius 1 is 1.13 bits per heavy atom. The van der Waals surface area contributed by atoms with Crippen molar-refractivity contribution in [3.8, 4) is 0 Å². The van der Waals surface area contributed by atoms with Crippen molar-refractivity contribution in [3.63, 3.8) is 0 Å². The minimum Gasteiger partial charge on any atom is -0.454 e. The van der Waals surface area contributed by atoms with Crippen LogP contribution in [0.25, 0.3) is 10.9 Å². The van der Waals surface area contributed by atoms with Gasteiger partial charge < -0.3 is 15.0 Å². The van der Waals surface area contributed by atoms with Crippen LogP contribution in [0, 0.1) is 0 Å². The summed E-state index contributed by atoms with van der Waals surface area (Å²) >= 11 is 0. The molecule has 0 saturated carbocycles. The van der Waals surface area contributed by atoms with Gasteiger partial charge in [-0.15, -0.1) is 0 Å². The molecule has 2 aromatic carbocycles.